The quantitative estimate of drug-likeness (QED) is 0.773. The number of rotatable bonds is 3. The minimum Gasteiger partial charge on any atom is -0.438 e. The van der Waals surface area contributed by atoms with Crippen molar-refractivity contribution in [1.29, 1.82) is 0 Å². The van der Waals surface area contributed by atoms with Crippen molar-refractivity contribution in [3.63, 3.8) is 0 Å². The molecule has 6 heteroatoms. The van der Waals surface area contributed by atoms with E-state index in [1.54, 1.807) is 6.07 Å². The lowest BCUT2D eigenvalue weighted by Crippen LogP contribution is -2.02. The van der Waals surface area contributed by atoms with Crippen LogP contribution in [-0.2, 0) is 7.05 Å². The summed E-state index contributed by atoms with van der Waals surface area (Å²) in [6.45, 7) is 6.35. The molecule has 0 unspecified atom stereocenters. The molecule has 2 heterocycles. The molecular weight excluding hydrogens is 290 g/mol. The molecule has 120 valence electrons. The molecule has 0 spiro atoms. The van der Waals surface area contributed by atoms with Crippen LogP contribution in [0.15, 0.2) is 24.4 Å². The fraction of sp³-hybridized carbons (Fsp3) is 0.294. The number of nitrogen functional groups attached to an aromatic ring is 2. The van der Waals surface area contributed by atoms with Crippen molar-refractivity contribution in [2.45, 2.75) is 26.7 Å². The molecular formula is C17H21N5O. The number of benzene rings is 1. The summed E-state index contributed by atoms with van der Waals surface area (Å²) in [7, 11) is 2.05. The molecule has 0 fully saturated rings. The smallest absolute Gasteiger partial charge is 0.226 e. The van der Waals surface area contributed by atoms with Gasteiger partial charge in [-0.25, -0.2) is 0 Å². The second-order valence-corrected chi connectivity index (χ2v) is 6.08. The maximum atomic E-state index is 5.98. The number of aromatic nitrogens is 3. The monoisotopic (exact) mass is 311 g/mol. The van der Waals surface area contributed by atoms with Crippen LogP contribution in [0.3, 0.4) is 0 Å². The lowest BCUT2D eigenvalue weighted by atomic mass is 10.00. The van der Waals surface area contributed by atoms with Gasteiger partial charge in [0, 0.05) is 30.2 Å². The largest absolute Gasteiger partial charge is 0.438 e. The zero-order valence-electron chi connectivity index (χ0n) is 13.8. The molecule has 23 heavy (non-hydrogen) atoms. The first-order valence-corrected chi connectivity index (χ1v) is 7.52. The van der Waals surface area contributed by atoms with Crippen LogP contribution in [0.5, 0.6) is 11.6 Å². The van der Waals surface area contributed by atoms with E-state index in [-0.39, 0.29) is 11.8 Å². The second kappa shape index (κ2) is 5.46. The maximum Gasteiger partial charge on any atom is 0.226 e. The molecule has 4 N–H and O–H groups in total. The summed E-state index contributed by atoms with van der Waals surface area (Å²) in [6, 6.07) is 5.78. The van der Waals surface area contributed by atoms with Gasteiger partial charge in [-0.1, -0.05) is 13.8 Å². The average molecular weight is 311 g/mol. The lowest BCUT2D eigenvalue weighted by Gasteiger charge is -2.15. The van der Waals surface area contributed by atoms with Crippen molar-refractivity contribution >= 4 is 22.7 Å². The number of hydrogen-bond donors (Lipinski definition) is 2. The average Bonchev–Trinajstić information content (AvgIpc) is 2.71. The molecule has 0 amide bonds. The third-order valence-electron chi connectivity index (χ3n) is 3.90. The van der Waals surface area contributed by atoms with Crippen molar-refractivity contribution in [1.82, 2.24) is 14.5 Å². The van der Waals surface area contributed by atoms with Crippen LogP contribution in [0, 0.1) is 6.92 Å². The minimum atomic E-state index is 0.100. The third-order valence-corrected chi connectivity index (χ3v) is 3.90. The zero-order valence-corrected chi connectivity index (χ0v) is 13.8. The van der Waals surface area contributed by atoms with Crippen LogP contribution < -0.4 is 16.2 Å². The Morgan fingerprint density at radius 1 is 1.13 bits per heavy atom. The van der Waals surface area contributed by atoms with Gasteiger partial charge in [0.25, 0.3) is 0 Å². The van der Waals surface area contributed by atoms with Crippen LogP contribution in [0.25, 0.3) is 10.9 Å². The van der Waals surface area contributed by atoms with Crippen LogP contribution in [0.4, 0.5) is 11.8 Å². The van der Waals surface area contributed by atoms with E-state index in [4.69, 9.17) is 16.2 Å². The summed E-state index contributed by atoms with van der Waals surface area (Å²) in [6.07, 6.45) is 2.11. The van der Waals surface area contributed by atoms with Gasteiger partial charge in [0.15, 0.2) is 0 Å². The zero-order chi connectivity index (χ0) is 16.7. The molecule has 0 radical (unpaired) electrons. The molecule has 0 saturated heterocycles. The molecule has 0 saturated carbocycles. The van der Waals surface area contributed by atoms with Crippen molar-refractivity contribution in [3.8, 4) is 11.6 Å². The molecule has 3 aromatic rings. The molecule has 1 aromatic carbocycles. The Bertz CT molecular complexity index is 862. The Morgan fingerprint density at radius 2 is 1.87 bits per heavy atom. The highest BCUT2D eigenvalue weighted by atomic mass is 16.5. The van der Waals surface area contributed by atoms with Crippen LogP contribution in [-0.4, -0.2) is 14.5 Å². The molecule has 0 aliphatic carbocycles. The Balaban J connectivity index is 2.14. The van der Waals surface area contributed by atoms with E-state index in [9.17, 15) is 0 Å². The van der Waals surface area contributed by atoms with Crippen molar-refractivity contribution in [3.05, 3.63) is 35.5 Å². The van der Waals surface area contributed by atoms with Crippen LogP contribution in [0.1, 0.15) is 30.9 Å². The van der Waals surface area contributed by atoms with E-state index in [0.29, 0.717) is 11.8 Å². The number of nitrogens with two attached hydrogens (primary N) is 2. The van der Waals surface area contributed by atoms with E-state index in [1.807, 2.05) is 7.05 Å². The summed E-state index contributed by atoms with van der Waals surface area (Å²) < 4.78 is 8.11. The summed E-state index contributed by atoms with van der Waals surface area (Å²) in [5.41, 5.74) is 14.8. The molecule has 0 aliphatic rings. The first kappa shape index (κ1) is 15.1. The fourth-order valence-electron chi connectivity index (χ4n) is 2.79. The number of anilines is 2. The SMILES string of the molecule is Cc1cn(C)c2cc(C(C)C)c(Oc3cc(N)nc(N)n3)cc12. The maximum absolute atomic E-state index is 5.98. The van der Waals surface area contributed by atoms with Gasteiger partial charge in [-0.15, -0.1) is 0 Å². The Morgan fingerprint density at radius 3 is 2.52 bits per heavy atom. The first-order chi connectivity index (χ1) is 10.8. The summed E-state index contributed by atoms with van der Waals surface area (Å²) in [5, 5.41) is 1.15. The molecule has 0 bridgehead atoms. The summed E-state index contributed by atoms with van der Waals surface area (Å²) in [5.74, 6) is 1.81. The number of hydrogen-bond acceptors (Lipinski definition) is 5. The number of fused-ring (bicyclic) bond motifs is 1. The van der Waals surface area contributed by atoms with Crippen molar-refractivity contribution < 1.29 is 4.74 Å². The predicted molar refractivity (Wildman–Crippen MR) is 92.7 cm³/mol. The number of nitrogens with zero attached hydrogens (tertiary/aromatic N) is 3. The summed E-state index contributed by atoms with van der Waals surface area (Å²) >= 11 is 0. The van der Waals surface area contributed by atoms with Gasteiger partial charge < -0.3 is 20.8 Å². The molecule has 6 nitrogen and oxygen atoms in total. The first-order valence-electron chi connectivity index (χ1n) is 7.52. The van der Waals surface area contributed by atoms with Gasteiger partial charge in [0.1, 0.15) is 11.6 Å². The number of aryl methyl sites for hydroxylation is 2. The second-order valence-electron chi connectivity index (χ2n) is 6.08. The highest BCUT2D eigenvalue weighted by Crippen LogP contribution is 2.35. The standard InChI is InChI=1S/C17H21N5O/c1-9(2)11-5-13-12(10(3)8-22(13)4)6-14(11)23-16-7-15(18)20-17(19)21-16/h5-9H,1-4H3,(H4,18,19,20,21). The Labute approximate surface area is 135 Å². The molecule has 3 rings (SSSR count). The Kier molecular flexibility index (Phi) is 3.60. The number of ether oxygens (including phenoxy) is 1. The third kappa shape index (κ3) is 2.79. The van der Waals surface area contributed by atoms with Crippen LogP contribution >= 0.6 is 0 Å². The van der Waals surface area contributed by atoms with E-state index in [2.05, 4.69) is 53.6 Å². The minimum absolute atomic E-state index is 0.100. The highest BCUT2D eigenvalue weighted by Gasteiger charge is 2.15. The molecule has 0 aliphatic heterocycles. The van der Waals surface area contributed by atoms with Crippen molar-refractivity contribution in [2.75, 3.05) is 11.5 Å². The fourth-order valence-corrected chi connectivity index (χ4v) is 2.79. The van der Waals surface area contributed by atoms with E-state index in [1.165, 1.54) is 11.1 Å². The van der Waals surface area contributed by atoms with Crippen LogP contribution in [0.2, 0.25) is 0 Å². The van der Waals surface area contributed by atoms with Crippen molar-refractivity contribution in [2.24, 2.45) is 7.05 Å². The van der Waals surface area contributed by atoms with Gasteiger partial charge in [-0.2, -0.15) is 9.97 Å². The van der Waals surface area contributed by atoms with Gasteiger partial charge in [0.2, 0.25) is 11.8 Å². The van der Waals surface area contributed by atoms with Gasteiger partial charge in [0.05, 0.1) is 0 Å². The molecule has 2 aromatic heterocycles. The highest BCUT2D eigenvalue weighted by molar-refractivity contribution is 5.86. The van der Waals surface area contributed by atoms with E-state index < -0.39 is 0 Å². The van der Waals surface area contributed by atoms with Gasteiger partial charge in [-0.05, 0) is 36.1 Å². The predicted octanol–water partition coefficient (Wildman–Crippen LogP) is 3.36. The summed E-state index contributed by atoms with van der Waals surface area (Å²) in [4.78, 5) is 7.96. The van der Waals surface area contributed by atoms with E-state index in [0.717, 1.165) is 16.7 Å². The van der Waals surface area contributed by atoms with Gasteiger partial charge in [-0.3, -0.25) is 0 Å². The van der Waals surface area contributed by atoms with E-state index >= 15 is 0 Å². The normalized spacial score (nSPS) is 11.3. The molecule has 0 atom stereocenters. The van der Waals surface area contributed by atoms with Gasteiger partial charge >= 0.3 is 0 Å². The lowest BCUT2D eigenvalue weighted by molar-refractivity contribution is 0.455. The topological polar surface area (TPSA) is 92.0 Å². The Hall–Kier alpha value is -2.76.